The minimum Gasteiger partial charge on any atom is -0.277 e. The first-order valence-corrected chi connectivity index (χ1v) is 4.68. The van der Waals surface area contributed by atoms with Crippen molar-refractivity contribution >= 4 is 32.5 Å². The molecular formula is C8H6BrN3O2. The van der Waals surface area contributed by atoms with E-state index in [1.165, 1.54) is 6.07 Å². The summed E-state index contributed by atoms with van der Waals surface area (Å²) in [6.07, 6.45) is 0. The van der Waals surface area contributed by atoms with Crippen molar-refractivity contribution in [3.63, 3.8) is 0 Å². The molecule has 0 aliphatic carbocycles. The average Bonchev–Trinajstić information content (AvgIpc) is 2.48. The predicted octanol–water partition coefficient (Wildman–Crippen LogP) is 2.54. The number of rotatable bonds is 1. The molecule has 0 bridgehead atoms. The number of aryl methyl sites for hydroxylation is 1. The smallest absolute Gasteiger partial charge is 0.273 e. The van der Waals surface area contributed by atoms with Gasteiger partial charge in [0, 0.05) is 17.0 Å². The standard InChI is InChI=1S/C8H6BrN3O2/c1-4-6(12(13)14)3-2-5-7(4)8(9)11-10-5/h2-3H,1H3,(H,10,11). The zero-order valence-electron chi connectivity index (χ0n) is 7.24. The second-order valence-corrected chi connectivity index (χ2v) is 3.65. The Morgan fingerprint density at radius 3 is 2.93 bits per heavy atom. The van der Waals surface area contributed by atoms with Gasteiger partial charge < -0.3 is 0 Å². The first-order chi connectivity index (χ1) is 6.61. The van der Waals surface area contributed by atoms with Gasteiger partial charge in [0.2, 0.25) is 0 Å². The summed E-state index contributed by atoms with van der Waals surface area (Å²) >= 11 is 3.24. The molecule has 0 aliphatic rings. The van der Waals surface area contributed by atoms with Crippen molar-refractivity contribution in [3.05, 3.63) is 32.4 Å². The molecular weight excluding hydrogens is 250 g/mol. The Kier molecular flexibility index (Phi) is 1.99. The number of nitrogens with one attached hydrogen (secondary N) is 1. The van der Waals surface area contributed by atoms with Crippen LogP contribution in [0.5, 0.6) is 0 Å². The maximum absolute atomic E-state index is 10.7. The lowest BCUT2D eigenvalue weighted by Crippen LogP contribution is -1.91. The Morgan fingerprint density at radius 2 is 2.29 bits per heavy atom. The van der Waals surface area contributed by atoms with Crippen molar-refractivity contribution in [1.82, 2.24) is 10.2 Å². The van der Waals surface area contributed by atoms with E-state index >= 15 is 0 Å². The van der Waals surface area contributed by atoms with Gasteiger partial charge in [0.15, 0.2) is 0 Å². The molecule has 0 unspecified atom stereocenters. The molecule has 72 valence electrons. The van der Waals surface area contributed by atoms with E-state index in [1.807, 2.05) is 0 Å². The number of fused-ring (bicyclic) bond motifs is 1. The van der Waals surface area contributed by atoms with Crippen LogP contribution in [-0.2, 0) is 0 Å². The summed E-state index contributed by atoms with van der Waals surface area (Å²) in [5, 5.41) is 18.1. The summed E-state index contributed by atoms with van der Waals surface area (Å²) in [5.41, 5.74) is 1.52. The summed E-state index contributed by atoms with van der Waals surface area (Å²) in [7, 11) is 0. The fraction of sp³-hybridized carbons (Fsp3) is 0.125. The lowest BCUT2D eigenvalue weighted by atomic mass is 10.1. The molecule has 6 heteroatoms. The van der Waals surface area contributed by atoms with E-state index in [-0.39, 0.29) is 5.69 Å². The molecule has 1 aromatic heterocycles. The third-order valence-corrected chi connectivity index (χ3v) is 2.69. The number of H-pyrrole nitrogens is 1. The van der Waals surface area contributed by atoms with Gasteiger partial charge in [0.25, 0.3) is 5.69 Å². The Morgan fingerprint density at radius 1 is 1.57 bits per heavy atom. The predicted molar refractivity (Wildman–Crippen MR) is 55.2 cm³/mol. The highest BCUT2D eigenvalue weighted by Gasteiger charge is 2.16. The monoisotopic (exact) mass is 255 g/mol. The van der Waals surface area contributed by atoms with E-state index in [1.54, 1.807) is 13.0 Å². The van der Waals surface area contributed by atoms with Crippen LogP contribution in [-0.4, -0.2) is 15.1 Å². The van der Waals surface area contributed by atoms with Gasteiger partial charge in [0.1, 0.15) is 4.60 Å². The van der Waals surface area contributed by atoms with Gasteiger partial charge >= 0.3 is 0 Å². The van der Waals surface area contributed by atoms with Crippen molar-refractivity contribution in [2.75, 3.05) is 0 Å². The molecule has 5 nitrogen and oxygen atoms in total. The van der Waals surface area contributed by atoms with E-state index in [4.69, 9.17) is 0 Å². The van der Waals surface area contributed by atoms with Crippen LogP contribution < -0.4 is 0 Å². The number of nitro benzene ring substituents is 1. The minimum atomic E-state index is -0.395. The number of halogens is 1. The van der Waals surface area contributed by atoms with Gasteiger partial charge in [-0.3, -0.25) is 15.2 Å². The second-order valence-electron chi connectivity index (χ2n) is 2.90. The molecule has 0 radical (unpaired) electrons. The van der Waals surface area contributed by atoms with Gasteiger partial charge in [-0.1, -0.05) is 0 Å². The molecule has 0 saturated heterocycles. The van der Waals surface area contributed by atoms with E-state index < -0.39 is 4.92 Å². The molecule has 2 aromatic rings. The molecule has 1 N–H and O–H groups in total. The minimum absolute atomic E-state index is 0.111. The SMILES string of the molecule is Cc1c([N+](=O)[O-])ccc2[nH]nc(Br)c12. The largest absolute Gasteiger partial charge is 0.277 e. The zero-order chi connectivity index (χ0) is 10.3. The highest BCUT2D eigenvalue weighted by Crippen LogP contribution is 2.30. The van der Waals surface area contributed by atoms with Crippen LogP contribution in [0.25, 0.3) is 10.9 Å². The van der Waals surface area contributed by atoms with Gasteiger partial charge in [-0.2, -0.15) is 5.10 Å². The topological polar surface area (TPSA) is 71.8 Å². The normalized spacial score (nSPS) is 10.7. The molecule has 1 aromatic carbocycles. The number of aromatic nitrogens is 2. The maximum Gasteiger partial charge on any atom is 0.273 e. The zero-order valence-corrected chi connectivity index (χ0v) is 8.83. The van der Waals surface area contributed by atoms with Crippen LogP contribution in [0.15, 0.2) is 16.7 Å². The fourth-order valence-corrected chi connectivity index (χ4v) is 2.02. The molecule has 0 spiro atoms. The van der Waals surface area contributed by atoms with Crippen LogP contribution in [0, 0.1) is 17.0 Å². The molecule has 0 saturated carbocycles. The second kappa shape index (κ2) is 3.06. The molecule has 0 fully saturated rings. The Labute approximate surface area is 87.4 Å². The van der Waals surface area contributed by atoms with Gasteiger partial charge in [-0.15, -0.1) is 0 Å². The Hall–Kier alpha value is -1.43. The van der Waals surface area contributed by atoms with Gasteiger partial charge in [-0.25, -0.2) is 0 Å². The van der Waals surface area contributed by atoms with E-state index in [0.29, 0.717) is 10.2 Å². The quantitative estimate of drug-likeness (QED) is 0.629. The first-order valence-electron chi connectivity index (χ1n) is 3.89. The molecule has 1 heterocycles. The number of nitrogens with zero attached hydrogens (tertiary/aromatic N) is 2. The first kappa shape index (κ1) is 9.14. The lowest BCUT2D eigenvalue weighted by Gasteiger charge is -1.97. The lowest BCUT2D eigenvalue weighted by molar-refractivity contribution is -0.385. The Balaban J connectivity index is 2.86. The van der Waals surface area contributed by atoms with Gasteiger partial charge in [-0.05, 0) is 28.9 Å². The number of nitro groups is 1. The highest BCUT2D eigenvalue weighted by atomic mass is 79.9. The Bertz CT molecular complexity index is 521. The van der Waals surface area contributed by atoms with Crippen LogP contribution in [0.1, 0.15) is 5.56 Å². The summed E-state index contributed by atoms with van der Waals surface area (Å²) in [6, 6.07) is 3.13. The molecule has 2 rings (SSSR count). The number of hydrogen-bond acceptors (Lipinski definition) is 3. The summed E-state index contributed by atoms with van der Waals surface area (Å²) in [6.45, 7) is 1.71. The summed E-state index contributed by atoms with van der Waals surface area (Å²) in [4.78, 5) is 10.3. The molecule has 0 atom stereocenters. The summed E-state index contributed by atoms with van der Waals surface area (Å²) < 4.78 is 0.605. The van der Waals surface area contributed by atoms with E-state index in [0.717, 1.165) is 10.9 Å². The van der Waals surface area contributed by atoms with Crippen molar-refractivity contribution in [2.24, 2.45) is 0 Å². The highest BCUT2D eigenvalue weighted by molar-refractivity contribution is 9.10. The number of hydrogen-bond donors (Lipinski definition) is 1. The van der Waals surface area contributed by atoms with E-state index in [2.05, 4.69) is 26.1 Å². The van der Waals surface area contributed by atoms with Crippen LogP contribution in [0.4, 0.5) is 5.69 Å². The third kappa shape index (κ3) is 1.19. The molecule has 0 aliphatic heterocycles. The van der Waals surface area contributed by atoms with Crippen molar-refractivity contribution in [2.45, 2.75) is 6.92 Å². The van der Waals surface area contributed by atoms with Gasteiger partial charge in [0.05, 0.1) is 10.4 Å². The molecule has 0 amide bonds. The van der Waals surface area contributed by atoms with E-state index in [9.17, 15) is 10.1 Å². The number of benzene rings is 1. The third-order valence-electron chi connectivity index (χ3n) is 2.11. The van der Waals surface area contributed by atoms with Crippen LogP contribution in [0.3, 0.4) is 0 Å². The van der Waals surface area contributed by atoms with Crippen molar-refractivity contribution in [1.29, 1.82) is 0 Å². The van der Waals surface area contributed by atoms with Crippen LogP contribution >= 0.6 is 15.9 Å². The molecule has 14 heavy (non-hydrogen) atoms. The maximum atomic E-state index is 10.7. The summed E-state index contributed by atoms with van der Waals surface area (Å²) in [5.74, 6) is 0. The van der Waals surface area contributed by atoms with Crippen LogP contribution in [0.2, 0.25) is 0 Å². The average molecular weight is 256 g/mol. The van der Waals surface area contributed by atoms with Crippen molar-refractivity contribution < 1.29 is 4.92 Å². The number of aromatic amines is 1. The van der Waals surface area contributed by atoms with Crippen molar-refractivity contribution in [3.8, 4) is 0 Å². The fourth-order valence-electron chi connectivity index (χ4n) is 1.42.